The number of hydrogen-bond acceptors (Lipinski definition) is 0. The minimum atomic E-state index is 0. The molecule has 1 aliphatic carbocycles. The standard InChI is InChI=1S/C10H20N.W/c1-9(2)8-11-10-6-4-3-5-7-10;/h9-10H,3-8H2,1-2H3;/q-1;. The summed E-state index contributed by atoms with van der Waals surface area (Å²) in [6.07, 6.45) is 6.96. The van der Waals surface area contributed by atoms with Crippen molar-refractivity contribution in [3.63, 3.8) is 0 Å². The van der Waals surface area contributed by atoms with Gasteiger partial charge in [-0.3, -0.25) is 0 Å². The maximum atomic E-state index is 4.68. The quantitative estimate of drug-likeness (QED) is 0.749. The molecule has 0 aromatic rings. The van der Waals surface area contributed by atoms with Crippen LogP contribution in [0, 0.1) is 5.92 Å². The summed E-state index contributed by atoms with van der Waals surface area (Å²) in [6, 6.07) is 0.714. The summed E-state index contributed by atoms with van der Waals surface area (Å²) in [7, 11) is 0. The van der Waals surface area contributed by atoms with Gasteiger partial charge in [-0.25, -0.2) is 0 Å². The molecule has 0 heterocycles. The summed E-state index contributed by atoms with van der Waals surface area (Å²) < 4.78 is 0. The zero-order valence-corrected chi connectivity index (χ0v) is 11.2. The van der Waals surface area contributed by atoms with Crippen LogP contribution in [0.3, 0.4) is 0 Å². The maximum Gasteiger partial charge on any atom is 0 e. The molecule has 0 bridgehead atoms. The van der Waals surface area contributed by atoms with Gasteiger partial charge in [0.25, 0.3) is 0 Å². The topological polar surface area (TPSA) is 14.1 Å². The molecule has 0 aromatic heterocycles. The van der Waals surface area contributed by atoms with Crippen LogP contribution in [0.15, 0.2) is 0 Å². The van der Waals surface area contributed by atoms with E-state index in [1.165, 1.54) is 32.1 Å². The summed E-state index contributed by atoms with van der Waals surface area (Å²) in [4.78, 5) is 0. The SMILES string of the molecule is CC(C)C[N-]C1CCCCC1.[W]. The second-order valence-corrected chi connectivity index (χ2v) is 4.05. The van der Waals surface area contributed by atoms with E-state index in [4.69, 9.17) is 0 Å². The molecule has 0 atom stereocenters. The van der Waals surface area contributed by atoms with Crippen LogP contribution < -0.4 is 0 Å². The van der Waals surface area contributed by atoms with Crippen LogP contribution in [0.25, 0.3) is 5.32 Å². The van der Waals surface area contributed by atoms with Gasteiger partial charge in [-0.1, -0.05) is 51.9 Å². The average Bonchev–Trinajstić information content (AvgIpc) is 2.03. The van der Waals surface area contributed by atoms with Gasteiger partial charge < -0.3 is 5.32 Å². The summed E-state index contributed by atoms with van der Waals surface area (Å²) in [5, 5.41) is 4.68. The second kappa shape index (κ2) is 7.09. The Morgan fingerprint density at radius 2 is 1.75 bits per heavy atom. The molecule has 12 heavy (non-hydrogen) atoms. The van der Waals surface area contributed by atoms with Gasteiger partial charge in [0, 0.05) is 21.1 Å². The number of nitrogens with zero attached hydrogens (tertiary/aromatic N) is 1. The predicted octanol–water partition coefficient (Wildman–Crippen LogP) is 3.35. The first-order valence-corrected chi connectivity index (χ1v) is 4.95. The van der Waals surface area contributed by atoms with Crippen molar-refractivity contribution in [3.8, 4) is 0 Å². The molecular formula is C10H20NW-. The summed E-state index contributed by atoms with van der Waals surface area (Å²) >= 11 is 0. The van der Waals surface area contributed by atoms with Crippen molar-refractivity contribution in [1.29, 1.82) is 0 Å². The fourth-order valence-corrected chi connectivity index (χ4v) is 1.62. The van der Waals surface area contributed by atoms with Crippen LogP contribution in [0.4, 0.5) is 0 Å². The van der Waals surface area contributed by atoms with E-state index in [9.17, 15) is 0 Å². The van der Waals surface area contributed by atoms with Gasteiger partial charge in [0.15, 0.2) is 0 Å². The van der Waals surface area contributed by atoms with Gasteiger partial charge in [0.1, 0.15) is 0 Å². The van der Waals surface area contributed by atoms with Crippen LogP contribution in [0.5, 0.6) is 0 Å². The van der Waals surface area contributed by atoms with E-state index < -0.39 is 0 Å². The third kappa shape index (κ3) is 5.32. The van der Waals surface area contributed by atoms with Gasteiger partial charge >= 0.3 is 0 Å². The zero-order chi connectivity index (χ0) is 8.10. The second-order valence-electron chi connectivity index (χ2n) is 4.05. The first kappa shape index (κ1) is 12.6. The van der Waals surface area contributed by atoms with E-state index >= 15 is 0 Å². The molecule has 2 heteroatoms. The molecule has 1 rings (SSSR count). The van der Waals surface area contributed by atoms with E-state index in [2.05, 4.69) is 19.2 Å². The van der Waals surface area contributed by atoms with Crippen molar-refractivity contribution in [3.05, 3.63) is 5.32 Å². The Hall–Kier alpha value is 0.648. The first-order valence-electron chi connectivity index (χ1n) is 4.95. The molecule has 72 valence electrons. The fourth-order valence-electron chi connectivity index (χ4n) is 1.62. The van der Waals surface area contributed by atoms with Gasteiger partial charge in [0.05, 0.1) is 0 Å². The van der Waals surface area contributed by atoms with Crippen molar-refractivity contribution < 1.29 is 21.1 Å². The summed E-state index contributed by atoms with van der Waals surface area (Å²) in [5.41, 5.74) is 0. The van der Waals surface area contributed by atoms with Gasteiger partial charge in [0.2, 0.25) is 0 Å². The Morgan fingerprint density at radius 1 is 1.17 bits per heavy atom. The minimum absolute atomic E-state index is 0. The Kier molecular flexibility index (Phi) is 7.47. The largest absolute Gasteiger partial charge is 0.659 e. The minimum Gasteiger partial charge on any atom is -0.659 e. The average molecular weight is 338 g/mol. The van der Waals surface area contributed by atoms with Crippen LogP contribution in [0.2, 0.25) is 0 Å². The van der Waals surface area contributed by atoms with Crippen molar-refractivity contribution in [1.82, 2.24) is 0 Å². The molecular weight excluding hydrogens is 318 g/mol. The Bertz CT molecular complexity index is 98.0. The molecule has 1 aliphatic rings. The van der Waals surface area contributed by atoms with Crippen molar-refractivity contribution in [2.24, 2.45) is 5.92 Å². The molecule has 0 amide bonds. The molecule has 0 spiro atoms. The molecule has 1 fully saturated rings. The molecule has 0 radical (unpaired) electrons. The Labute approximate surface area is 91.0 Å². The van der Waals surface area contributed by atoms with E-state index in [0.717, 1.165) is 12.5 Å². The molecule has 1 saturated carbocycles. The third-order valence-electron chi connectivity index (χ3n) is 2.30. The normalized spacial score (nSPS) is 19.2. The molecule has 0 saturated heterocycles. The van der Waals surface area contributed by atoms with Crippen molar-refractivity contribution in [2.45, 2.75) is 52.0 Å². The van der Waals surface area contributed by atoms with E-state index in [-0.39, 0.29) is 21.1 Å². The van der Waals surface area contributed by atoms with Crippen molar-refractivity contribution >= 4 is 0 Å². The van der Waals surface area contributed by atoms with Crippen LogP contribution in [-0.2, 0) is 21.1 Å². The van der Waals surface area contributed by atoms with Gasteiger partial charge in [-0.2, -0.15) is 0 Å². The number of rotatable bonds is 3. The fraction of sp³-hybridized carbons (Fsp3) is 1.00. The van der Waals surface area contributed by atoms with E-state index in [0.29, 0.717) is 6.04 Å². The molecule has 0 aromatic carbocycles. The van der Waals surface area contributed by atoms with Crippen LogP contribution in [0.1, 0.15) is 46.0 Å². The zero-order valence-electron chi connectivity index (χ0n) is 8.25. The third-order valence-corrected chi connectivity index (χ3v) is 2.30. The predicted molar refractivity (Wildman–Crippen MR) is 49.9 cm³/mol. The molecule has 0 aliphatic heterocycles. The Morgan fingerprint density at radius 3 is 2.25 bits per heavy atom. The van der Waals surface area contributed by atoms with Gasteiger partial charge in [-0.15, -0.1) is 12.6 Å². The monoisotopic (exact) mass is 338 g/mol. The molecule has 0 N–H and O–H groups in total. The molecule has 0 unspecified atom stereocenters. The summed E-state index contributed by atoms with van der Waals surface area (Å²) in [6.45, 7) is 5.56. The van der Waals surface area contributed by atoms with Crippen molar-refractivity contribution in [2.75, 3.05) is 6.54 Å². The smallest absolute Gasteiger partial charge is 0 e. The van der Waals surface area contributed by atoms with E-state index in [1.54, 1.807) is 0 Å². The van der Waals surface area contributed by atoms with Crippen LogP contribution in [-0.4, -0.2) is 12.6 Å². The molecule has 1 nitrogen and oxygen atoms in total. The number of hydrogen-bond donors (Lipinski definition) is 0. The van der Waals surface area contributed by atoms with Crippen LogP contribution >= 0.6 is 0 Å². The first-order chi connectivity index (χ1) is 5.29. The Balaban J connectivity index is 0.00000121. The summed E-state index contributed by atoms with van der Waals surface area (Å²) in [5.74, 6) is 0.747. The van der Waals surface area contributed by atoms with Gasteiger partial charge in [-0.05, 0) is 0 Å². The van der Waals surface area contributed by atoms with E-state index in [1.807, 2.05) is 0 Å². The maximum absolute atomic E-state index is 4.68.